The van der Waals surface area contributed by atoms with Crippen LogP contribution in [0.1, 0.15) is 24.1 Å². The molecule has 1 fully saturated rings. The number of hydrogen-bond donors (Lipinski definition) is 1. The second kappa shape index (κ2) is 7.67. The molecule has 0 saturated carbocycles. The number of amides is 1. The molecule has 6 nitrogen and oxygen atoms in total. The molecule has 1 N–H and O–H groups in total. The third-order valence-electron chi connectivity index (χ3n) is 4.30. The van der Waals surface area contributed by atoms with Crippen molar-refractivity contribution >= 4 is 44.2 Å². The molecule has 1 aliphatic heterocycles. The Kier molecular flexibility index (Phi) is 5.71. The molecular formula is C17H21N3O3S3. The van der Waals surface area contributed by atoms with Gasteiger partial charge in [0.2, 0.25) is 15.9 Å². The van der Waals surface area contributed by atoms with E-state index >= 15 is 0 Å². The van der Waals surface area contributed by atoms with Gasteiger partial charge in [0.15, 0.2) is 5.13 Å². The van der Waals surface area contributed by atoms with Crippen molar-refractivity contribution in [3.63, 3.8) is 0 Å². The molecule has 1 aliphatic rings. The average molecular weight is 412 g/mol. The maximum atomic E-state index is 12.9. The maximum absolute atomic E-state index is 12.9. The molecule has 1 saturated heterocycles. The zero-order valence-electron chi connectivity index (χ0n) is 14.9. The summed E-state index contributed by atoms with van der Waals surface area (Å²) < 4.78 is 28.2. The molecule has 26 heavy (non-hydrogen) atoms. The lowest BCUT2D eigenvalue weighted by molar-refractivity contribution is -0.119. The first-order chi connectivity index (χ1) is 12.3. The van der Waals surface area contributed by atoms with E-state index in [0.717, 1.165) is 15.5 Å². The summed E-state index contributed by atoms with van der Waals surface area (Å²) in [6.07, 6.45) is 3.13. The van der Waals surface area contributed by atoms with Gasteiger partial charge in [0.1, 0.15) is 6.04 Å². The maximum Gasteiger partial charge on any atom is 0.244 e. The van der Waals surface area contributed by atoms with Gasteiger partial charge in [-0.25, -0.2) is 13.4 Å². The number of anilines is 1. The van der Waals surface area contributed by atoms with Gasteiger partial charge in [-0.05, 0) is 45.1 Å². The summed E-state index contributed by atoms with van der Waals surface area (Å²) in [7, 11) is -3.70. The second-order valence-corrected chi connectivity index (χ2v) is 10.1. The van der Waals surface area contributed by atoms with Gasteiger partial charge in [-0.2, -0.15) is 4.31 Å². The number of benzene rings is 1. The fraction of sp³-hybridized carbons (Fsp3) is 0.412. The number of carbonyl (C=O) groups excluding carboxylic acids is 1. The predicted octanol–water partition coefficient (Wildman–Crippen LogP) is 3.27. The number of nitrogens with zero attached hydrogens (tertiary/aromatic N) is 2. The van der Waals surface area contributed by atoms with Crippen molar-refractivity contribution in [3.05, 3.63) is 35.5 Å². The van der Waals surface area contributed by atoms with Crippen LogP contribution in [-0.4, -0.2) is 42.5 Å². The molecule has 1 aromatic heterocycles. The van der Waals surface area contributed by atoms with Crippen LogP contribution in [0.4, 0.5) is 5.13 Å². The normalized spacial score (nSPS) is 18.2. The summed E-state index contributed by atoms with van der Waals surface area (Å²) in [6, 6.07) is 6.00. The number of thiazole rings is 1. The van der Waals surface area contributed by atoms with E-state index < -0.39 is 16.1 Å². The summed E-state index contributed by atoms with van der Waals surface area (Å²) in [4.78, 5) is 17.3. The predicted molar refractivity (Wildman–Crippen MR) is 105 cm³/mol. The highest BCUT2D eigenvalue weighted by Gasteiger charge is 2.39. The molecule has 1 aromatic carbocycles. The fourth-order valence-corrected chi connectivity index (χ4v) is 6.22. The van der Waals surface area contributed by atoms with Crippen molar-refractivity contribution in [2.45, 2.75) is 41.8 Å². The van der Waals surface area contributed by atoms with Crippen LogP contribution in [-0.2, 0) is 14.8 Å². The number of sulfonamides is 1. The Bertz CT molecular complexity index is 907. The van der Waals surface area contributed by atoms with Crippen molar-refractivity contribution in [2.24, 2.45) is 0 Å². The highest BCUT2D eigenvalue weighted by Crippen LogP contribution is 2.32. The lowest BCUT2D eigenvalue weighted by Gasteiger charge is -2.23. The van der Waals surface area contributed by atoms with E-state index in [1.165, 1.54) is 15.6 Å². The number of nitrogens with one attached hydrogen (secondary N) is 1. The Morgan fingerprint density at radius 3 is 2.62 bits per heavy atom. The Hall–Kier alpha value is -1.42. The van der Waals surface area contributed by atoms with Gasteiger partial charge < -0.3 is 5.32 Å². The van der Waals surface area contributed by atoms with Crippen LogP contribution in [0.25, 0.3) is 0 Å². The van der Waals surface area contributed by atoms with Crippen molar-refractivity contribution in [2.75, 3.05) is 18.1 Å². The minimum atomic E-state index is -3.70. The van der Waals surface area contributed by atoms with Crippen molar-refractivity contribution in [1.29, 1.82) is 0 Å². The molecule has 1 amide bonds. The number of aromatic nitrogens is 1. The Morgan fingerprint density at radius 1 is 1.31 bits per heavy atom. The molecule has 0 bridgehead atoms. The van der Waals surface area contributed by atoms with Crippen molar-refractivity contribution in [3.8, 4) is 0 Å². The second-order valence-electron chi connectivity index (χ2n) is 6.17. The van der Waals surface area contributed by atoms with Gasteiger partial charge in [0, 0.05) is 6.54 Å². The van der Waals surface area contributed by atoms with E-state index in [0.29, 0.717) is 24.5 Å². The van der Waals surface area contributed by atoms with E-state index in [1.54, 1.807) is 36.0 Å². The molecular weight excluding hydrogens is 390 g/mol. The van der Waals surface area contributed by atoms with E-state index in [-0.39, 0.29) is 10.8 Å². The standard InChI is InChI=1S/C17H21N3O3S3/c1-11-6-8-13(9-7-11)26(22,23)20-10-4-5-14(20)15(21)19-17-18-12(2)16(24-3)25-17/h6-9,14H,4-5,10H2,1-3H3,(H,18,19,21)/t14-/m0/s1. The highest BCUT2D eigenvalue weighted by atomic mass is 32.2. The number of aryl methyl sites for hydroxylation is 2. The highest BCUT2D eigenvalue weighted by molar-refractivity contribution is 8.00. The number of hydrogen-bond acceptors (Lipinski definition) is 6. The quantitative estimate of drug-likeness (QED) is 0.764. The van der Waals surface area contributed by atoms with E-state index in [4.69, 9.17) is 0 Å². The molecule has 0 aliphatic carbocycles. The largest absolute Gasteiger partial charge is 0.301 e. The van der Waals surface area contributed by atoms with E-state index in [9.17, 15) is 13.2 Å². The van der Waals surface area contributed by atoms with Crippen LogP contribution in [0.3, 0.4) is 0 Å². The first-order valence-electron chi connectivity index (χ1n) is 8.23. The van der Waals surface area contributed by atoms with Gasteiger partial charge in [-0.3, -0.25) is 4.79 Å². The van der Waals surface area contributed by atoms with Crippen LogP contribution in [0.2, 0.25) is 0 Å². The fourth-order valence-electron chi connectivity index (χ4n) is 2.95. The van der Waals surface area contributed by atoms with Crippen molar-refractivity contribution < 1.29 is 13.2 Å². The molecule has 2 heterocycles. The summed E-state index contributed by atoms with van der Waals surface area (Å²) >= 11 is 2.98. The Balaban J connectivity index is 1.80. The summed E-state index contributed by atoms with van der Waals surface area (Å²) in [5, 5.41) is 3.30. The van der Waals surface area contributed by atoms with Gasteiger partial charge >= 0.3 is 0 Å². The van der Waals surface area contributed by atoms with Crippen molar-refractivity contribution in [1.82, 2.24) is 9.29 Å². The lowest BCUT2D eigenvalue weighted by Crippen LogP contribution is -2.43. The van der Waals surface area contributed by atoms with Gasteiger partial charge in [-0.1, -0.05) is 29.0 Å². The molecule has 1 atom stereocenters. The average Bonchev–Trinajstić information content (AvgIpc) is 3.22. The minimum Gasteiger partial charge on any atom is -0.301 e. The van der Waals surface area contributed by atoms with Crippen LogP contribution in [0, 0.1) is 13.8 Å². The topological polar surface area (TPSA) is 79.4 Å². The monoisotopic (exact) mass is 411 g/mol. The first kappa shape index (κ1) is 19.3. The lowest BCUT2D eigenvalue weighted by atomic mass is 10.2. The minimum absolute atomic E-state index is 0.220. The molecule has 9 heteroatoms. The van der Waals surface area contributed by atoms with Crippen LogP contribution in [0.15, 0.2) is 33.4 Å². The zero-order valence-corrected chi connectivity index (χ0v) is 17.3. The van der Waals surface area contributed by atoms with Crippen LogP contribution in [0.5, 0.6) is 0 Å². The molecule has 0 unspecified atom stereocenters. The van der Waals surface area contributed by atoms with Gasteiger partial charge in [0.05, 0.1) is 14.8 Å². The summed E-state index contributed by atoms with van der Waals surface area (Å²) in [6.45, 7) is 4.14. The third-order valence-corrected chi connectivity index (χ3v) is 8.51. The summed E-state index contributed by atoms with van der Waals surface area (Å²) in [5.41, 5.74) is 1.86. The van der Waals surface area contributed by atoms with Gasteiger partial charge in [-0.15, -0.1) is 11.8 Å². The number of carbonyl (C=O) groups is 1. The summed E-state index contributed by atoms with van der Waals surface area (Å²) in [5.74, 6) is -0.320. The number of rotatable bonds is 5. The third kappa shape index (κ3) is 3.80. The molecule has 2 aromatic rings. The molecule has 0 spiro atoms. The molecule has 3 rings (SSSR count). The Labute approximate surface area is 162 Å². The van der Waals surface area contributed by atoms with Crippen LogP contribution >= 0.6 is 23.1 Å². The molecule has 140 valence electrons. The van der Waals surface area contributed by atoms with E-state index in [2.05, 4.69) is 10.3 Å². The molecule has 0 radical (unpaired) electrons. The van der Waals surface area contributed by atoms with Gasteiger partial charge in [0.25, 0.3) is 0 Å². The zero-order chi connectivity index (χ0) is 18.9. The SMILES string of the molecule is CSc1sc(NC(=O)[C@@H]2CCCN2S(=O)(=O)c2ccc(C)cc2)nc1C. The smallest absolute Gasteiger partial charge is 0.244 e. The first-order valence-corrected chi connectivity index (χ1v) is 11.7. The van der Waals surface area contributed by atoms with Crippen LogP contribution < -0.4 is 5.32 Å². The Morgan fingerprint density at radius 2 is 2.00 bits per heavy atom. The van der Waals surface area contributed by atoms with E-state index in [1.807, 2.05) is 20.1 Å². The number of thioether (sulfide) groups is 1.